The summed E-state index contributed by atoms with van der Waals surface area (Å²) in [7, 11) is 0. The summed E-state index contributed by atoms with van der Waals surface area (Å²) in [6.45, 7) is 2.47. The molecular formula is C24H29N3O3. The summed E-state index contributed by atoms with van der Waals surface area (Å²) in [6.07, 6.45) is 7.14. The van der Waals surface area contributed by atoms with Gasteiger partial charge in [0.05, 0.1) is 6.54 Å². The normalized spacial score (nSPS) is 17.3. The zero-order valence-electron chi connectivity index (χ0n) is 17.3. The van der Waals surface area contributed by atoms with Crippen molar-refractivity contribution in [1.82, 2.24) is 14.4 Å². The topological polar surface area (TPSA) is 62.6 Å². The van der Waals surface area contributed by atoms with E-state index < -0.39 is 0 Å². The number of rotatable bonds is 5. The molecule has 1 aliphatic heterocycles. The smallest absolute Gasteiger partial charge is 0.263 e. The van der Waals surface area contributed by atoms with Gasteiger partial charge < -0.3 is 14.4 Å². The third-order valence-corrected chi connectivity index (χ3v) is 6.30. The molecule has 1 aromatic carbocycles. The second kappa shape index (κ2) is 9.28. The molecule has 0 radical (unpaired) electrons. The Morgan fingerprint density at radius 3 is 2.23 bits per heavy atom. The first-order valence-electron chi connectivity index (χ1n) is 10.9. The zero-order valence-corrected chi connectivity index (χ0v) is 17.3. The molecule has 158 valence electrons. The van der Waals surface area contributed by atoms with Gasteiger partial charge in [0.25, 0.3) is 11.5 Å². The summed E-state index contributed by atoms with van der Waals surface area (Å²) < 4.78 is 1.57. The quantitative estimate of drug-likeness (QED) is 0.766. The second-order valence-corrected chi connectivity index (χ2v) is 8.37. The first-order chi connectivity index (χ1) is 14.6. The molecule has 0 atom stereocenters. The van der Waals surface area contributed by atoms with E-state index in [0.717, 1.165) is 18.4 Å². The number of aromatic nitrogens is 1. The van der Waals surface area contributed by atoms with Crippen LogP contribution in [-0.2, 0) is 11.3 Å². The van der Waals surface area contributed by atoms with E-state index >= 15 is 0 Å². The highest BCUT2D eigenvalue weighted by atomic mass is 16.2. The first-order valence-corrected chi connectivity index (χ1v) is 10.9. The minimum absolute atomic E-state index is 0.194. The Morgan fingerprint density at radius 2 is 1.53 bits per heavy atom. The molecule has 2 aliphatic rings. The Kier molecular flexibility index (Phi) is 6.31. The molecule has 0 unspecified atom stereocenters. The molecule has 2 heterocycles. The number of hydrogen-bond donors (Lipinski definition) is 0. The molecule has 2 amide bonds. The lowest BCUT2D eigenvalue weighted by Gasteiger charge is -2.35. The zero-order chi connectivity index (χ0) is 20.9. The van der Waals surface area contributed by atoms with Gasteiger partial charge in [-0.1, -0.05) is 43.2 Å². The van der Waals surface area contributed by atoms with Crippen molar-refractivity contribution in [2.24, 2.45) is 5.92 Å². The van der Waals surface area contributed by atoms with Crippen LogP contribution in [0.3, 0.4) is 0 Å². The van der Waals surface area contributed by atoms with E-state index in [-0.39, 0.29) is 22.9 Å². The standard InChI is InChI=1S/C24H29N3O3/c28-22(17-19-7-4-5-8-19)25-13-15-26(16-14-25)23(29)21-11-6-12-27(24(21)30)18-20-9-2-1-3-10-20/h1-3,6,9-12,19H,4-5,7-8,13-18H2. The highest BCUT2D eigenvalue weighted by molar-refractivity contribution is 5.94. The lowest BCUT2D eigenvalue weighted by Crippen LogP contribution is -2.51. The first kappa shape index (κ1) is 20.4. The van der Waals surface area contributed by atoms with Crippen LogP contribution in [0.15, 0.2) is 53.5 Å². The Morgan fingerprint density at radius 1 is 0.867 bits per heavy atom. The molecule has 1 saturated heterocycles. The van der Waals surface area contributed by atoms with Crippen LogP contribution in [0.25, 0.3) is 0 Å². The maximum Gasteiger partial charge on any atom is 0.263 e. The number of pyridine rings is 1. The van der Waals surface area contributed by atoms with Crippen molar-refractivity contribution in [1.29, 1.82) is 0 Å². The Balaban J connectivity index is 1.37. The summed E-state index contributed by atoms with van der Waals surface area (Å²) in [5.74, 6) is 0.494. The summed E-state index contributed by atoms with van der Waals surface area (Å²) >= 11 is 0. The highest BCUT2D eigenvalue weighted by Gasteiger charge is 2.28. The van der Waals surface area contributed by atoms with Gasteiger partial charge in [-0.2, -0.15) is 0 Å². The molecule has 0 spiro atoms. The van der Waals surface area contributed by atoms with Crippen molar-refractivity contribution in [3.63, 3.8) is 0 Å². The molecule has 4 rings (SSSR count). The van der Waals surface area contributed by atoms with Crippen LogP contribution in [0.2, 0.25) is 0 Å². The van der Waals surface area contributed by atoms with Crippen LogP contribution < -0.4 is 5.56 Å². The molecule has 30 heavy (non-hydrogen) atoms. The van der Waals surface area contributed by atoms with Crippen LogP contribution in [0.1, 0.15) is 48.0 Å². The average Bonchev–Trinajstić information content (AvgIpc) is 3.29. The molecule has 1 aromatic heterocycles. The predicted octanol–water partition coefficient (Wildman–Crippen LogP) is 2.76. The van der Waals surface area contributed by atoms with Crippen molar-refractivity contribution in [3.8, 4) is 0 Å². The molecule has 6 nitrogen and oxygen atoms in total. The van der Waals surface area contributed by atoms with Gasteiger partial charge in [-0.05, 0) is 36.5 Å². The van der Waals surface area contributed by atoms with Gasteiger partial charge in [0.2, 0.25) is 5.91 Å². The van der Waals surface area contributed by atoms with Crippen LogP contribution in [0, 0.1) is 5.92 Å². The molecule has 6 heteroatoms. The summed E-state index contributed by atoms with van der Waals surface area (Å²) in [4.78, 5) is 42.0. The molecular weight excluding hydrogens is 378 g/mol. The van der Waals surface area contributed by atoms with E-state index in [9.17, 15) is 14.4 Å². The number of carbonyl (C=O) groups is 2. The fraction of sp³-hybridized carbons (Fsp3) is 0.458. The van der Waals surface area contributed by atoms with Gasteiger partial charge in [-0.25, -0.2) is 0 Å². The third-order valence-electron chi connectivity index (χ3n) is 6.30. The Labute approximate surface area is 177 Å². The van der Waals surface area contributed by atoms with Crippen LogP contribution in [0.5, 0.6) is 0 Å². The van der Waals surface area contributed by atoms with Crippen molar-refractivity contribution in [2.45, 2.75) is 38.6 Å². The third kappa shape index (κ3) is 4.64. The molecule has 2 aromatic rings. The van der Waals surface area contributed by atoms with Gasteiger partial charge in [-0.15, -0.1) is 0 Å². The SMILES string of the molecule is O=C(CC1CCCC1)N1CCN(C(=O)c2cccn(Cc3ccccc3)c2=O)CC1. The monoisotopic (exact) mass is 407 g/mol. The number of nitrogens with zero attached hydrogens (tertiary/aromatic N) is 3. The molecule has 2 fully saturated rings. The van der Waals surface area contributed by atoms with Crippen LogP contribution in [-0.4, -0.2) is 52.4 Å². The number of hydrogen-bond acceptors (Lipinski definition) is 3. The maximum atomic E-state index is 13.0. The molecule has 0 bridgehead atoms. The number of amides is 2. The van der Waals surface area contributed by atoms with Crippen molar-refractivity contribution in [2.75, 3.05) is 26.2 Å². The summed E-state index contributed by atoms with van der Waals surface area (Å²) in [5.41, 5.74) is 0.934. The summed E-state index contributed by atoms with van der Waals surface area (Å²) in [5, 5.41) is 0. The van der Waals surface area contributed by atoms with E-state index in [1.54, 1.807) is 27.8 Å². The Hall–Kier alpha value is -2.89. The fourth-order valence-electron chi connectivity index (χ4n) is 4.52. The van der Waals surface area contributed by atoms with E-state index in [2.05, 4.69) is 0 Å². The predicted molar refractivity (Wildman–Crippen MR) is 115 cm³/mol. The van der Waals surface area contributed by atoms with Gasteiger partial charge in [0.1, 0.15) is 5.56 Å². The molecule has 1 aliphatic carbocycles. The molecule has 0 N–H and O–H groups in total. The minimum atomic E-state index is -0.272. The highest BCUT2D eigenvalue weighted by Crippen LogP contribution is 2.28. The van der Waals surface area contributed by atoms with Crippen molar-refractivity contribution < 1.29 is 9.59 Å². The van der Waals surface area contributed by atoms with Crippen LogP contribution in [0.4, 0.5) is 0 Å². The van der Waals surface area contributed by atoms with Gasteiger partial charge in [0, 0.05) is 38.8 Å². The molecule has 1 saturated carbocycles. The fourth-order valence-corrected chi connectivity index (χ4v) is 4.52. The van der Waals surface area contributed by atoms with Gasteiger partial charge in [-0.3, -0.25) is 14.4 Å². The lowest BCUT2D eigenvalue weighted by atomic mass is 10.0. The largest absolute Gasteiger partial charge is 0.339 e. The van der Waals surface area contributed by atoms with Crippen LogP contribution >= 0.6 is 0 Å². The van der Waals surface area contributed by atoms with E-state index in [1.807, 2.05) is 35.2 Å². The summed E-state index contributed by atoms with van der Waals surface area (Å²) in [6, 6.07) is 13.1. The van der Waals surface area contributed by atoms with E-state index in [4.69, 9.17) is 0 Å². The van der Waals surface area contributed by atoms with Crippen molar-refractivity contribution >= 4 is 11.8 Å². The Bertz CT molecular complexity index is 940. The number of piperazine rings is 1. The van der Waals surface area contributed by atoms with Crippen molar-refractivity contribution in [3.05, 3.63) is 70.1 Å². The second-order valence-electron chi connectivity index (χ2n) is 8.37. The lowest BCUT2D eigenvalue weighted by molar-refractivity contribution is -0.133. The maximum absolute atomic E-state index is 13.0. The average molecular weight is 408 g/mol. The van der Waals surface area contributed by atoms with Gasteiger partial charge in [0.15, 0.2) is 0 Å². The van der Waals surface area contributed by atoms with E-state index in [0.29, 0.717) is 45.1 Å². The number of benzene rings is 1. The van der Waals surface area contributed by atoms with Gasteiger partial charge >= 0.3 is 0 Å². The van der Waals surface area contributed by atoms with E-state index in [1.165, 1.54) is 12.8 Å². The number of carbonyl (C=O) groups excluding carboxylic acids is 2. The minimum Gasteiger partial charge on any atom is -0.339 e.